The van der Waals surface area contributed by atoms with Gasteiger partial charge in [-0.2, -0.15) is 0 Å². The highest BCUT2D eigenvalue weighted by molar-refractivity contribution is 9.10. The average molecular weight is 354 g/mol. The normalized spacial score (nSPS) is 10.5. The van der Waals surface area contributed by atoms with Gasteiger partial charge in [0, 0.05) is 22.4 Å². The zero-order valence-corrected chi connectivity index (χ0v) is 13.6. The lowest BCUT2D eigenvalue weighted by Crippen LogP contribution is -2.16. The van der Waals surface area contributed by atoms with Crippen LogP contribution in [0, 0.1) is 0 Å². The van der Waals surface area contributed by atoms with E-state index in [4.69, 9.17) is 4.74 Å². The topological polar surface area (TPSA) is 38.3 Å². The summed E-state index contributed by atoms with van der Waals surface area (Å²) < 4.78 is 5.62. The average Bonchev–Trinajstić information content (AvgIpc) is 2.97. The third kappa shape index (κ3) is 4.16. The van der Waals surface area contributed by atoms with Crippen molar-refractivity contribution in [2.24, 2.45) is 0 Å². The van der Waals surface area contributed by atoms with Crippen LogP contribution < -0.4 is 5.32 Å². The molecule has 2 aromatic rings. The number of benzene rings is 1. The second-order valence-corrected chi connectivity index (χ2v) is 6.19. The highest BCUT2D eigenvalue weighted by Crippen LogP contribution is 2.19. The summed E-state index contributed by atoms with van der Waals surface area (Å²) in [4.78, 5) is 12.8. The van der Waals surface area contributed by atoms with E-state index < -0.39 is 0 Å². The van der Waals surface area contributed by atoms with Gasteiger partial charge in [-0.25, -0.2) is 4.79 Å². The van der Waals surface area contributed by atoms with Gasteiger partial charge >= 0.3 is 5.97 Å². The second-order valence-electron chi connectivity index (χ2n) is 4.30. The maximum atomic E-state index is 11.4. The molecule has 0 fully saturated rings. The number of ether oxygens (including phenoxy) is 1. The molecule has 1 N–H and O–H groups in total. The van der Waals surface area contributed by atoms with E-state index in [2.05, 4.69) is 38.8 Å². The maximum absolute atomic E-state index is 11.4. The smallest absolute Gasteiger partial charge is 0.337 e. The molecule has 0 radical (unpaired) electrons. The summed E-state index contributed by atoms with van der Waals surface area (Å²) in [5.74, 6) is -0.317. The number of carbonyl (C=O) groups is 1. The lowest BCUT2D eigenvalue weighted by atomic mass is 10.1. The molecule has 5 heteroatoms. The summed E-state index contributed by atoms with van der Waals surface area (Å²) in [6, 6.07) is 9.74. The fourth-order valence-electron chi connectivity index (χ4n) is 1.82. The second kappa shape index (κ2) is 7.57. The molecule has 20 heavy (non-hydrogen) atoms. The first kappa shape index (κ1) is 15.2. The van der Waals surface area contributed by atoms with E-state index in [1.54, 1.807) is 23.5 Å². The summed E-state index contributed by atoms with van der Waals surface area (Å²) in [5.41, 5.74) is 1.69. The van der Waals surface area contributed by atoms with Crippen LogP contribution in [-0.2, 0) is 17.7 Å². The van der Waals surface area contributed by atoms with Crippen LogP contribution in [-0.4, -0.2) is 19.6 Å². The molecule has 106 valence electrons. The molecule has 0 bridgehead atoms. The van der Waals surface area contributed by atoms with Crippen molar-refractivity contribution in [1.82, 2.24) is 5.32 Å². The standard InChI is InChI=1S/C15H16BrNO2S/c1-19-15(18)11-4-5-12(14(16)9-11)10-17-7-6-13-3-2-8-20-13/h2-5,8-9,17H,6-7,10H2,1H3. The van der Waals surface area contributed by atoms with E-state index in [9.17, 15) is 4.79 Å². The number of halogens is 1. The monoisotopic (exact) mass is 353 g/mol. The summed E-state index contributed by atoms with van der Waals surface area (Å²) in [6.45, 7) is 1.71. The minimum absolute atomic E-state index is 0.317. The molecule has 0 unspecified atom stereocenters. The van der Waals surface area contributed by atoms with Gasteiger partial charge in [0.25, 0.3) is 0 Å². The molecule has 2 rings (SSSR count). The van der Waals surface area contributed by atoms with Gasteiger partial charge in [0.2, 0.25) is 0 Å². The van der Waals surface area contributed by atoms with Crippen molar-refractivity contribution in [2.75, 3.05) is 13.7 Å². The molecular formula is C15H16BrNO2S. The molecular weight excluding hydrogens is 338 g/mol. The van der Waals surface area contributed by atoms with Crippen molar-refractivity contribution < 1.29 is 9.53 Å². The Labute approximate surface area is 131 Å². The van der Waals surface area contributed by atoms with Crippen LogP contribution in [0.5, 0.6) is 0 Å². The largest absolute Gasteiger partial charge is 0.465 e. The van der Waals surface area contributed by atoms with Crippen LogP contribution in [0.1, 0.15) is 20.8 Å². The van der Waals surface area contributed by atoms with Gasteiger partial charge in [-0.1, -0.05) is 28.1 Å². The highest BCUT2D eigenvalue weighted by atomic mass is 79.9. The number of methoxy groups -OCH3 is 1. The predicted octanol–water partition coefficient (Wildman–Crippen LogP) is 3.63. The molecule has 0 spiro atoms. The molecule has 1 aromatic carbocycles. The summed E-state index contributed by atoms with van der Waals surface area (Å²) in [5, 5.41) is 5.50. The zero-order chi connectivity index (χ0) is 14.4. The van der Waals surface area contributed by atoms with Gasteiger partial charge in [-0.3, -0.25) is 0 Å². The number of rotatable bonds is 6. The van der Waals surface area contributed by atoms with E-state index in [0.29, 0.717) is 5.56 Å². The van der Waals surface area contributed by atoms with Gasteiger partial charge in [0.1, 0.15) is 0 Å². The van der Waals surface area contributed by atoms with Crippen LogP contribution in [0.3, 0.4) is 0 Å². The third-order valence-electron chi connectivity index (χ3n) is 2.92. The first-order valence-electron chi connectivity index (χ1n) is 6.30. The van der Waals surface area contributed by atoms with Crippen molar-refractivity contribution in [3.63, 3.8) is 0 Å². The van der Waals surface area contributed by atoms with Gasteiger partial charge in [0.15, 0.2) is 0 Å². The summed E-state index contributed by atoms with van der Waals surface area (Å²) >= 11 is 5.27. The van der Waals surface area contributed by atoms with Crippen LogP contribution in [0.25, 0.3) is 0 Å². The Morgan fingerprint density at radius 3 is 2.90 bits per heavy atom. The molecule has 1 aromatic heterocycles. The van der Waals surface area contributed by atoms with E-state index in [-0.39, 0.29) is 5.97 Å². The minimum Gasteiger partial charge on any atom is -0.465 e. The van der Waals surface area contributed by atoms with Crippen LogP contribution in [0.4, 0.5) is 0 Å². The van der Waals surface area contributed by atoms with Crippen molar-refractivity contribution in [3.05, 3.63) is 56.2 Å². The van der Waals surface area contributed by atoms with Crippen molar-refractivity contribution in [3.8, 4) is 0 Å². The van der Waals surface area contributed by atoms with E-state index in [1.165, 1.54) is 12.0 Å². The Morgan fingerprint density at radius 1 is 1.40 bits per heavy atom. The Hall–Kier alpha value is -1.17. The lowest BCUT2D eigenvalue weighted by molar-refractivity contribution is 0.0600. The Balaban J connectivity index is 1.85. The van der Waals surface area contributed by atoms with Crippen LogP contribution >= 0.6 is 27.3 Å². The van der Waals surface area contributed by atoms with Crippen molar-refractivity contribution in [2.45, 2.75) is 13.0 Å². The fourth-order valence-corrected chi connectivity index (χ4v) is 3.05. The Kier molecular flexibility index (Phi) is 5.76. The Morgan fingerprint density at radius 2 is 2.25 bits per heavy atom. The zero-order valence-electron chi connectivity index (χ0n) is 11.2. The molecule has 1 heterocycles. The fraction of sp³-hybridized carbons (Fsp3) is 0.267. The third-order valence-corrected chi connectivity index (χ3v) is 4.59. The number of carbonyl (C=O) groups excluding carboxylic acids is 1. The van der Waals surface area contributed by atoms with E-state index in [1.807, 2.05) is 6.07 Å². The molecule has 0 aliphatic heterocycles. The van der Waals surface area contributed by atoms with Crippen LogP contribution in [0.15, 0.2) is 40.2 Å². The molecule has 0 atom stereocenters. The minimum atomic E-state index is -0.317. The molecule has 3 nitrogen and oxygen atoms in total. The maximum Gasteiger partial charge on any atom is 0.337 e. The molecule has 0 aliphatic rings. The quantitative estimate of drug-likeness (QED) is 0.636. The molecule has 0 saturated carbocycles. The van der Waals surface area contributed by atoms with Gasteiger partial charge in [-0.15, -0.1) is 11.3 Å². The van der Waals surface area contributed by atoms with Gasteiger partial charge < -0.3 is 10.1 Å². The number of esters is 1. The van der Waals surface area contributed by atoms with E-state index in [0.717, 1.165) is 29.5 Å². The summed E-state index contributed by atoms with van der Waals surface area (Å²) in [7, 11) is 1.39. The predicted molar refractivity (Wildman–Crippen MR) is 85.2 cm³/mol. The molecule has 0 aliphatic carbocycles. The number of nitrogens with one attached hydrogen (secondary N) is 1. The molecule has 0 saturated heterocycles. The number of thiophene rings is 1. The first-order valence-corrected chi connectivity index (χ1v) is 7.98. The van der Waals surface area contributed by atoms with Gasteiger partial charge in [-0.05, 0) is 35.6 Å². The van der Waals surface area contributed by atoms with Crippen LogP contribution in [0.2, 0.25) is 0 Å². The lowest BCUT2D eigenvalue weighted by Gasteiger charge is -2.08. The molecule has 0 amide bonds. The first-order chi connectivity index (χ1) is 9.70. The summed E-state index contributed by atoms with van der Waals surface area (Å²) in [6.07, 6.45) is 1.04. The SMILES string of the molecule is COC(=O)c1ccc(CNCCc2cccs2)c(Br)c1. The Bertz CT molecular complexity index is 569. The van der Waals surface area contributed by atoms with Gasteiger partial charge in [0.05, 0.1) is 12.7 Å². The number of hydrogen-bond donors (Lipinski definition) is 1. The van der Waals surface area contributed by atoms with Crippen molar-refractivity contribution in [1.29, 1.82) is 0 Å². The highest BCUT2D eigenvalue weighted by Gasteiger charge is 2.08. The van der Waals surface area contributed by atoms with Crippen molar-refractivity contribution >= 4 is 33.2 Å². The number of hydrogen-bond acceptors (Lipinski definition) is 4. The van der Waals surface area contributed by atoms with E-state index >= 15 is 0 Å².